The molecule has 1 saturated carbocycles. The van der Waals surface area contributed by atoms with Crippen LogP contribution in [-0.4, -0.2) is 22.6 Å². The molecule has 21 heavy (non-hydrogen) atoms. The fraction of sp³-hybridized carbons (Fsp3) is 0.765. The summed E-state index contributed by atoms with van der Waals surface area (Å²) in [7, 11) is 0. The maximum Gasteiger partial charge on any atom is 0.135 e. The lowest BCUT2D eigenvalue weighted by atomic mass is 9.87. The van der Waals surface area contributed by atoms with Crippen LogP contribution in [0.5, 0.6) is 0 Å². The van der Waals surface area contributed by atoms with Crippen molar-refractivity contribution < 1.29 is 0 Å². The Bertz CT molecular complexity index is 468. The van der Waals surface area contributed by atoms with Crippen molar-refractivity contribution in [3.05, 3.63) is 11.9 Å². The van der Waals surface area contributed by atoms with Gasteiger partial charge in [0, 0.05) is 18.2 Å². The second kappa shape index (κ2) is 6.63. The first-order valence-corrected chi connectivity index (χ1v) is 8.31. The lowest BCUT2D eigenvalue weighted by molar-refractivity contribution is 0.349. The van der Waals surface area contributed by atoms with Gasteiger partial charge in [0.15, 0.2) is 0 Å². The molecule has 0 aliphatic heterocycles. The molecule has 1 heterocycles. The van der Waals surface area contributed by atoms with Gasteiger partial charge in [-0.25, -0.2) is 9.97 Å². The highest BCUT2D eigenvalue weighted by Gasteiger charge is 2.35. The predicted octanol–water partition coefficient (Wildman–Crippen LogP) is 4.41. The highest BCUT2D eigenvalue weighted by atomic mass is 15.1. The van der Waals surface area contributed by atoms with E-state index in [9.17, 15) is 0 Å². The molecule has 0 amide bonds. The molecule has 0 radical (unpaired) electrons. The van der Waals surface area contributed by atoms with E-state index in [1.807, 2.05) is 0 Å². The van der Waals surface area contributed by atoms with E-state index in [4.69, 9.17) is 0 Å². The Labute approximate surface area is 129 Å². The van der Waals surface area contributed by atoms with Gasteiger partial charge in [0.2, 0.25) is 0 Å². The molecule has 1 aromatic heterocycles. The van der Waals surface area contributed by atoms with Crippen LogP contribution in [0.25, 0.3) is 0 Å². The zero-order chi connectivity index (χ0) is 15.5. The Balaban J connectivity index is 2.26. The predicted molar refractivity (Wildman–Crippen MR) is 89.9 cm³/mol. The summed E-state index contributed by atoms with van der Waals surface area (Å²) in [4.78, 5) is 8.98. The van der Waals surface area contributed by atoms with Crippen LogP contribution in [0.3, 0.4) is 0 Å². The number of nitrogens with zero attached hydrogens (tertiary/aromatic N) is 2. The van der Waals surface area contributed by atoms with Gasteiger partial charge < -0.3 is 10.6 Å². The van der Waals surface area contributed by atoms with Gasteiger partial charge in [-0.05, 0) is 30.6 Å². The number of nitrogens with one attached hydrogen (secondary N) is 2. The molecule has 1 aliphatic carbocycles. The first-order chi connectivity index (χ1) is 9.95. The van der Waals surface area contributed by atoms with Crippen molar-refractivity contribution in [3.8, 4) is 0 Å². The van der Waals surface area contributed by atoms with Crippen LogP contribution in [0.1, 0.15) is 71.8 Å². The van der Waals surface area contributed by atoms with Gasteiger partial charge in [0.05, 0.1) is 0 Å². The minimum Gasteiger partial charge on any atom is -0.370 e. The largest absolute Gasteiger partial charge is 0.370 e. The van der Waals surface area contributed by atoms with E-state index in [0.717, 1.165) is 24.6 Å². The first kappa shape index (κ1) is 16.1. The van der Waals surface area contributed by atoms with Crippen molar-refractivity contribution in [1.82, 2.24) is 9.97 Å². The number of rotatable bonds is 6. The molecule has 1 unspecified atom stereocenters. The van der Waals surface area contributed by atoms with Gasteiger partial charge >= 0.3 is 0 Å². The smallest absolute Gasteiger partial charge is 0.135 e. The average molecular weight is 290 g/mol. The summed E-state index contributed by atoms with van der Waals surface area (Å²) < 4.78 is 0. The van der Waals surface area contributed by atoms with Crippen LogP contribution < -0.4 is 10.6 Å². The van der Waals surface area contributed by atoms with Crippen LogP contribution in [-0.2, 0) is 0 Å². The molecule has 1 aliphatic rings. The normalized spacial score (nSPS) is 20.8. The molecule has 1 fully saturated rings. The molecular formula is C17H30N4. The van der Waals surface area contributed by atoms with Crippen molar-refractivity contribution in [2.75, 3.05) is 17.2 Å². The van der Waals surface area contributed by atoms with Crippen molar-refractivity contribution >= 4 is 11.6 Å². The summed E-state index contributed by atoms with van der Waals surface area (Å²) in [5.41, 5.74) is 1.56. The number of hydrogen-bond acceptors (Lipinski definition) is 4. The highest BCUT2D eigenvalue weighted by Crippen LogP contribution is 2.40. The van der Waals surface area contributed by atoms with Crippen LogP contribution in [0.15, 0.2) is 6.33 Å². The zero-order valence-corrected chi connectivity index (χ0v) is 14.2. The molecular weight excluding hydrogens is 260 g/mol. The van der Waals surface area contributed by atoms with Gasteiger partial charge in [-0.2, -0.15) is 0 Å². The first-order valence-electron chi connectivity index (χ1n) is 8.31. The van der Waals surface area contributed by atoms with Crippen molar-refractivity contribution in [2.45, 2.75) is 72.3 Å². The van der Waals surface area contributed by atoms with E-state index < -0.39 is 0 Å². The second-order valence-electron chi connectivity index (χ2n) is 7.14. The molecule has 0 spiro atoms. The number of anilines is 2. The van der Waals surface area contributed by atoms with E-state index in [1.54, 1.807) is 6.33 Å². The van der Waals surface area contributed by atoms with E-state index in [0.29, 0.717) is 17.4 Å². The molecule has 4 nitrogen and oxygen atoms in total. The molecule has 0 saturated heterocycles. The van der Waals surface area contributed by atoms with E-state index in [2.05, 4.69) is 55.2 Å². The van der Waals surface area contributed by atoms with E-state index in [-0.39, 0.29) is 0 Å². The Morgan fingerprint density at radius 2 is 2.00 bits per heavy atom. The standard InChI is InChI=1S/C17H30N4/c1-6-10-18-15-14(12(2)3)16(20-11-19-15)21-13-8-7-9-17(13,4)5/h11-13H,6-10H2,1-5H3,(H2,18,19,20,21). The fourth-order valence-corrected chi connectivity index (χ4v) is 3.20. The summed E-state index contributed by atoms with van der Waals surface area (Å²) in [5, 5.41) is 7.15. The molecule has 0 bridgehead atoms. The zero-order valence-electron chi connectivity index (χ0n) is 14.2. The maximum atomic E-state index is 4.54. The van der Waals surface area contributed by atoms with Crippen LogP contribution >= 0.6 is 0 Å². The van der Waals surface area contributed by atoms with Crippen LogP contribution in [0, 0.1) is 5.41 Å². The van der Waals surface area contributed by atoms with E-state index >= 15 is 0 Å². The Kier molecular flexibility index (Phi) is 5.07. The van der Waals surface area contributed by atoms with E-state index in [1.165, 1.54) is 24.8 Å². The quantitative estimate of drug-likeness (QED) is 0.814. The van der Waals surface area contributed by atoms with Gasteiger partial charge in [0.25, 0.3) is 0 Å². The number of aromatic nitrogens is 2. The summed E-state index contributed by atoms with van der Waals surface area (Å²) in [6.07, 6.45) is 6.59. The van der Waals surface area contributed by atoms with Crippen molar-refractivity contribution in [2.24, 2.45) is 5.41 Å². The third kappa shape index (κ3) is 3.66. The molecule has 1 aromatic rings. The van der Waals surface area contributed by atoms with Crippen LogP contribution in [0.4, 0.5) is 11.6 Å². The minimum atomic E-state index is 0.343. The van der Waals surface area contributed by atoms with Crippen molar-refractivity contribution in [3.63, 3.8) is 0 Å². The third-order valence-corrected chi connectivity index (χ3v) is 4.57. The molecule has 118 valence electrons. The number of hydrogen-bond donors (Lipinski definition) is 2. The Morgan fingerprint density at radius 1 is 1.29 bits per heavy atom. The van der Waals surface area contributed by atoms with Gasteiger partial charge in [-0.15, -0.1) is 0 Å². The highest BCUT2D eigenvalue weighted by molar-refractivity contribution is 5.59. The Morgan fingerprint density at radius 3 is 2.57 bits per heavy atom. The molecule has 1 atom stereocenters. The summed E-state index contributed by atoms with van der Waals surface area (Å²) in [6, 6.07) is 0.504. The summed E-state index contributed by atoms with van der Waals surface area (Å²) >= 11 is 0. The second-order valence-corrected chi connectivity index (χ2v) is 7.14. The fourth-order valence-electron chi connectivity index (χ4n) is 3.20. The monoisotopic (exact) mass is 290 g/mol. The lowest BCUT2D eigenvalue weighted by Crippen LogP contribution is -2.32. The average Bonchev–Trinajstić information content (AvgIpc) is 2.75. The topological polar surface area (TPSA) is 49.8 Å². The van der Waals surface area contributed by atoms with Gasteiger partial charge in [-0.3, -0.25) is 0 Å². The SMILES string of the molecule is CCCNc1ncnc(NC2CCCC2(C)C)c1C(C)C. The third-order valence-electron chi connectivity index (χ3n) is 4.57. The lowest BCUT2D eigenvalue weighted by Gasteiger charge is -2.29. The molecule has 4 heteroatoms. The summed E-state index contributed by atoms with van der Waals surface area (Å²) in [5.74, 6) is 2.40. The molecule has 2 rings (SSSR count). The van der Waals surface area contributed by atoms with Crippen LogP contribution in [0.2, 0.25) is 0 Å². The van der Waals surface area contributed by atoms with Crippen molar-refractivity contribution in [1.29, 1.82) is 0 Å². The van der Waals surface area contributed by atoms with Gasteiger partial charge in [-0.1, -0.05) is 41.0 Å². The molecule has 0 aromatic carbocycles. The molecule has 2 N–H and O–H groups in total. The maximum absolute atomic E-state index is 4.54. The summed E-state index contributed by atoms with van der Waals surface area (Å²) in [6.45, 7) is 12.2. The Hall–Kier alpha value is -1.32. The minimum absolute atomic E-state index is 0.343. The van der Waals surface area contributed by atoms with Gasteiger partial charge in [0.1, 0.15) is 18.0 Å².